The summed E-state index contributed by atoms with van der Waals surface area (Å²) in [5.41, 5.74) is 1.11. The fraction of sp³-hybridized carbons (Fsp3) is 0.500. The average Bonchev–Trinajstić information content (AvgIpc) is 2.45. The summed E-state index contributed by atoms with van der Waals surface area (Å²) >= 11 is 0. The van der Waals surface area contributed by atoms with Gasteiger partial charge in [-0.25, -0.2) is 0 Å². The Kier molecular flexibility index (Phi) is 6.84. The molecule has 0 fully saturated rings. The van der Waals surface area contributed by atoms with E-state index in [1.807, 2.05) is 24.3 Å². The number of ether oxygens (including phenoxy) is 1. The zero-order valence-electron chi connectivity index (χ0n) is 12.1. The van der Waals surface area contributed by atoms with Gasteiger partial charge in [0.25, 0.3) is 0 Å². The Morgan fingerprint density at radius 3 is 2.29 bits per heavy atom. The number of methoxy groups -OCH3 is 1. The van der Waals surface area contributed by atoms with Gasteiger partial charge in [0.1, 0.15) is 5.75 Å². The van der Waals surface area contributed by atoms with Crippen molar-refractivity contribution in [3.05, 3.63) is 29.8 Å². The molecule has 0 spiro atoms. The van der Waals surface area contributed by atoms with Crippen LogP contribution in [0.5, 0.6) is 5.75 Å². The second-order valence-electron chi connectivity index (χ2n) is 4.39. The summed E-state index contributed by atoms with van der Waals surface area (Å²) in [6, 6.07) is 7.62. The van der Waals surface area contributed by atoms with Crippen LogP contribution in [0.15, 0.2) is 29.3 Å². The van der Waals surface area contributed by atoms with Crippen molar-refractivity contribution in [2.45, 2.75) is 19.0 Å². The van der Waals surface area contributed by atoms with Crippen LogP contribution in [0.25, 0.3) is 0 Å². The van der Waals surface area contributed by atoms with Gasteiger partial charge in [-0.2, -0.15) is 13.2 Å². The molecule has 1 aromatic rings. The number of hydrogen-bond donors (Lipinski definition) is 2. The summed E-state index contributed by atoms with van der Waals surface area (Å²) < 4.78 is 41.2. The third-order valence-electron chi connectivity index (χ3n) is 2.79. The normalized spacial score (nSPS) is 12.1. The first kappa shape index (κ1) is 17.1. The van der Waals surface area contributed by atoms with E-state index in [0.29, 0.717) is 12.5 Å². The predicted octanol–water partition coefficient (Wildman–Crippen LogP) is 2.36. The molecule has 0 aliphatic rings. The number of benzene rings is 1. The molecular formula is C14H20F3N3O. The van der Waals surface area contributed by atoms with E-state index >= 15 is 0 Å². The molecule has 0 aliphatic carbocycles. The number of guanidine groups is 1. The third kappa shape index (κ3) is 7.43. The minimum absolute atomic E-state index is 0.189. The zero-order valence-corrected chi connectivity index (χ0v) is 12.1. The standard InChI is InChI=1S/C14H20F3N3O/c1-18-13(20-10-8-14(15,16)17)19-9-7-11-3-5-12(21-2)6-4-11/h3-6H,7-10H2,1-2H3,(H2,18,19,20). The highest BCUT2D eigenvalue weighted by Crippen LogP contribution is 2.18. The van der Waals surface area contributed by atoms with Crippen LogP contribution in [0.4, 0.5) is 13.2 Å². The molecule has 21 heavy (non-hydrogen) atoms. The van der Waals surface area contributed by atoms with Crippen molar-refractivity contribution in [1.29, 1.82) is 0 Å². The molecule has 0 radical (unpaired) electrons. The maximum absolute atomic E-state index is 12.0. The first-order valence-electron chi connectivity index (χ1n) is 6.59. The SMILES string of the molecule is CN=C(NCCc1ccc(OC)cc1)NCCC(F)(F)F. The van der Waals surface area contributed by atoms with Gasteiger partial charge in [-0.05, 0) is 24.1 Å². The summed E-state index contributed by atoms with van der Waals surface area (Å²) in [6.07, 6.45) is -4.30. The van der Waals surface area contributed by atoms with E-state index in [1.165, 1.54) is 7.05 Å². The second kappa shape index (κ2) is 8.39. The molecular weight excluding hydrogens is 283 g/mol. The quantitative estimate of drug-likeness (QED) is 0.626. The summed E-state index contributed by atoms with van der Waals surface area (Å²) in [5.74, 6) is 1.16. The average molecular weight is 303 g/mol. The van der Waals surface area contributed by atoms with Gasteiger partial charge < -0.3 is 15.4 Å². The molecule has 0 aromatic heterocycles. The molecule has 0 bridgehead atoms. The molecule has 0 heterocycles. The molecule has 0 saturated carbocycles. The van der Waals surface area contributed by atoms with Crippen molar-refractivity contribution < 1.29 is 17.9 Å². The second-order valence-corrected chi connectivity index (χ2v) is 4.39. The molecule has 118 valence electrons. The van der Waals surface area contributed by atoms with Crippen molar-refractivity contribution in [2.24, 2.45) is 4.99 Å². The van der Waals surface area contributed by atoms with Crippen molar-refractivity contribution in [3.8, 4) is 5.75 Å². The first-order chi connectivity index (χ1) is 9.94. The topological polar surface area (TPSA) is 45.7 Å². The largest absolute Gasteiger partial charge is 0.497 e. The maximum Gasteiger partial charge on any atom is 0.390 e. The molecule has 1 rings (SSSR count). The Balaban J connectivity index is 2.28. The lowest BCUT2D eigenvalue weighted by atomic mass is 10.1. The number of alkyl halides is 3. The lowest BCUT2D eigenvalue weighted by Crippen LogP contribution is -2.39. The summed E-state index contributed by atoms with van der Waals surface area (Å²) in [5, 5.41) is 5.60. The smallest absolute Gasteiger partial charge is 0.390 e. The first-order valence-corrected chi connectivity index (χ1v) is 6.59. The van der Waals surface area contributed by atoms with Crippen LogP contribution in [0.1, 0.15) is 12.0 Å². The highest BCUT2D eigenvalue weighted by atomic mass is 19.4. The van der Waals surface area contributed by atoms with Crippen LogP contribution < -0.4 is 15.4 Å². The van der Waals surface area contributed by atoms with E-state index in [2.05, 4.69) is 15.6 Å². The molecule has 0 atom stereocenters. The Morgan fingerprint density at radius 2 is 1.76 bits per heavy atom. The van der Waals surface area contributed by atoms with E-state index in [4.69, 9.17) is 4.74 Å². The van der Waals surface area contributed by atoms with Gasteiger partial charge in [-0.15, -0.1) is 0 Å². The summed E-state index contributed by atoms with van der Waals surface area (Å²) in [7, 11) is 3.13. The van der Waals surface area contributed by atoms with E-state index < -0.39 is 12.6 Å². The number of nitrogens with one attached hydrogen (secondary N) is 2. The van der Waals surface area contributed by atoms with Crippen molar-refractivity contribution in [3.63, 3.8) is 0 Å². The van der Waals surface area contributed by atoms with Gasteiger partial charge in [0.2, 0.25) is 0 Å². The van der Waals surface area contributed by atoms with Crippen LogP contribution in [-0.4, -0.2) is 39.4 Å². The number of nitrogens with zero attached hydrogens (tertiary/aromatic N) is 1. The number of rotatable bonds is 6. The number of hydrogen-bond acceptors (Lipinski definition) is 2. The highest BCUT2D eigenvalue weighted by Gasteiger charge is 2.26. The highest BCUT2D eigenvalue weighted by molar-refractivity contribution is 5.79. The van der Waals surface area contributed by atoms with Gasteiger partial charge in [-0.1, -0.05) is 12.1 Å². The lowest BCUT2D eigenvalue weighted by Gasteiger charge is -2.13. The predicted molar refractivity (Wildman–Crippen MR) is 76.7 cm³/mol. The molecule has 0 unspecified atom stereocenters. The minimum Gasteiger partial charge on any atom is -0.497 e. The minimum atomic E-state index is -4.16. The molecule has 1 aromatic carbocycles. The molecule has 4 nitrogen and oxygen atoms in total. The lowest BCUT2D eigenvalue weighted by molar-refractivity contribution is -0.132. The number of aliphatic imine (C=N–C) groups is 1. The third-order valence-corrected chi connectivity index (χ3v) is 2.79. The fourth-order valence-electron chi connectivity index (χ4n) is 1.66. The van der Waals surface area contributed by atoms with Gasteiger partial charge in [0, 0.05) is 20.1 Å². The Hall–Kier alpha value is -1.92. The van der Waals surface area contributed by atoms with Crippen LogP contribution in [0.2, 0.25) is 0 Å². The van der Waals surface area contributed by atoms with Gasteiger partial charge in [0.15, 0.2) is 5.96 Å². The zero-order chi connectivity index (χ0) is 15.7. The maximum atomic E-state index is 12.0. The van der Waals surface area contributed by atoms with Crippen LogP contribution >= 0.6 is 0 Å². The Labute approximate surface area is 122 Å². The fourth-order valence-corrected chi connectivity index (χ4v) is 1.66. The van der Waals surface area contributed by atoms with E-state index in [0.717, 1.165) is 17.7 Å². The summed E-state index contributed by atoms with van der Waals surface area (Å²) in [6.45, 7) is 0.393. The van der Waals surface area contributed by atoms with E-state index in [-0.39, 0.29) is 6.54 Å². The Morgan fingerprint density at radius 1 is 1.14 bits per heavy atom. The van der Waals surface area contributed by atoms with Crippen molar-refractivity contribution >= 4 is 5.96 Å². The molecule has 0 aliphatic heterocycles. The van der Waals surface area contributed by atoms with Crippen LogP contribution in [-0.2, 0) is 6.42 Å². The molecule has 2 N–H and O–H groups in total. The van der Waals surface area contributed by atoms with E-state index in [1.54, 1.807) is 7.11 Å². The molecule has 0 saturated heterocycles. The monoisotopic (exact) mass is 303 g/mol. The Bertz CT molecular complexity index is 444. The molecule has 0 amide bonds. The van der Waals surface area contributed by atoms with Crippen LogP contribution in [0, 0.1) is 0 Å². The van der Waals surface area contributed by atoms with Crippen molar-refractivity contribution in [1.82, 2.24) is 10.6 Å². The van der Waals surface area contributed by atoms with Crippen LogP contribution in [0.3, 0.4) is 0 Å². The van der Waals surface area contributed by atoms with Gasteiger partial charge in [0.05, 0.1) is 13.5 Å². The van der Waals surface area contributed by atoms with Gasteiger partial charge >= 0.3 is 6.18 Å². The molecule has 7 heteroatoms. The van der Waals surface area contributed by atoms with E-state index in [9.17, 15) is 13.2 Å². The van der Waals surface area contributed by atoms with Gasteiger partial charge in [-0.3, -0.25) is 4.99 Å². The van der Waals surface area contributed by atoms with Crippen molar-refractivity contribution in [2.75, 3.05) is 27.2 Å². The number of halogens is 3. The summed E-state index contributed by atoms with van der Waals surface area (Å²) in [4.78, 5) is 3.87.